The molecule has 0 saturated carbocycles. The lowest BCUT2D eigenvalue weighted by atomic mass is 10.1. The maximum atomic E-state index is 13.7. The van der Waals surface area contributed by atoms with Crippen molar-refractivity contribution in [1.82, 2.24) is 9.29 Å². The van der Waals surface area contributed by atoms with Crippen LogP contribution in [-0.2, 0) is 26.0 Å². The molecule has 0 bridgehead atoms. The monoisotopic (exact) mass is 488 g/mol. The van der Waals surface area contributed by atoms with Gasteiger partial charge in [-0.15, -0.1) is 0 Å². The van der Waals surface area contributed by atoms with Gasteiger partial charge in [-0.3, -0.25) is 0 Å². The number of aryl methyl sites for hydroxylation is 1. The number of hydrogen-bond donors (Lipinski definition) is 1. The molecule has 1 N–H and O–H groups in total. The third-order valence-electron chi connectivity index (χ3n) is 4.93. The van der Waals surface area contributed by atoms with Crippen molar-refractivity contribution in [2.75, 3.05) is 14.2 Å². The first-order valence-corrected chi connectivity index (χ1v) is 11.9. The Balaban J connectivity index is 2.19. The number of nitrogens with zero attached hydrogens (tertiary/aromatic N) is 1. The molecule has 3 aromatic rings. The summed E-state index contributed by atoms with van der Waals surface area (Å²) in [6, 6.07) is 11.0. The fraction of sp³-hybridized carbons (Fsp3) is 0.333. The number of carbonyl (C=O) groups excluding carboxylic acids is 2. The number of benzene rings is 2. The minimum absolute atomic E-state index is 0.0742. The van der Waals surface area contributed by atoms with Crippen LogP contribution in [0.2, 0.25) is 0 Å². The predicted octanol–water partition coefficient (Wildman–Crippen LogP) is 4.01. The Morgan fingerprint density at radius 2 is 1.68 bits per heavy atom. The lowest BCUT2D eigenvalue weighted by Gasteiger charge is -2.20. The molecule has 0 aliphatic heterocycles. The highest BCUT2D eigenvalue weighted by Crippen LogP contribution is 2.32. The predicted molar refractivity (Wildman–Crippen MR) is 127 cm³/mol. The van der Waals surface area contributed by atoms with Crippen molar-refractivity contribution in [2.24, 2.45) is 0 Å². The minimum Gasteiger partial charge on any atom is -0.496 e. The van der Waals surface area contributed by atoms with Gasteiger partial charge in [0.2, 0.25) is 0 Å². The third kappa shape index (κ3) is 5.17. The number of carbonyl (C=O) groups is 2. The average Bonchev–Trinajstić information content (AvgIpc) is 3.13. The van der Waals surface area contributed by atoms with Crippen LogP contribution in [0.1, 0.15) is 42.4 Å². The fourth-order valence-electron chi connectivity index (χ4n) is 3.41. The van der Waals surface area contributed by atoms with Crippen LogP contribution in [0.25, 0.3) is 10.9 Å². The SMILES string of the molecule is COC(=O)c1cc2cc(CNC(=O)OC(C)(C)C)n(S(=O)(=O)c3ccc(C)cc3)c2cc1OC. The zero-order valence-corrected chi connectivity index (χ0v) is 20.8. The Bertz CT molecular complexity index is 1330. The molecule has 1 amide bonds. The van der Waals surface area contributed by atoms with Crippen molar-refractivity contribution in [3.63, 3.8) is 0 Å². The van der Waals surface area contributed by atoms with Crippen LogP contribution in [0.4, 0.5) is 4.79 Å². The molecular weight excluding hydrogens is 460 g/mol. The fourth-order valence-corrected chi connectivity index (χ4v) is 4.94. The highest BCUT2D eigenvalue weighted by Gasteiger charge is 2.26. The molecule has 34 heavy (non-hydrogen) atoms. The van der Waals surface area contributed by atoms with Crippen molar-refractivity contribution in [3.8, 4) is 5.75 Å². The zero-order chi connectivity index (χ0) is 25.3. The third-order valence-corrected chi connectivity index (χ3v) is 6.71. The van der Waals surface area contributed by atoms with Crippen LogP contribution in [-0.4, -0.2) is 44.3 Å². The van der Waals surface area contributed by atoms with Gasteiger partial charge in [-0.25, -0.2) is 22.0 Å². The van der Waals surface area contributed by atoms with Gasteiger partial charge in [0, 0.05) is 11.5 Å². The van der Waals surface area contributed by atoms with Crippen LogP contribution in [0, 0.1) is 6.92 Å². The molecule has 3 rings (SSSR count). The Morgan fingerprint density at radius 3 is 2.24 bits per heavy atom. The van der Waals surface area contributed by atoms with E-state index < -0.39 is 27.7 Å². The van der Waals surface area contributed by atoms with E-state index in [1.54, 1.807) is 39.0 Å². The summed E-state index contributed by atoms with van der Waals surface area (Å²) in [5, 5.41) is 3.05. The standard InChI is InChI=1S/C24H28N2O7S/c1-15-7-9-18(10-8-15)34(29,30)26-17(14-25-23(28)33-24(2,3)4)11-16-12-19(22(27)32-6)21(31-5)13-20(16)26/h7-13H,14H2,1-6H3,(H,25,28). The molecule has 10 heteroatoms. The quantitative estimate of drug-likeness (QED) is 0.522. The van der Waals surface area contributed by atoms with Gasteiger partial charge in [0.05, 0.1) is 36.9 Å². The first kappa shape index (κ1) is 25.1. The molecule has 1 aromatic heterocycles. The van der Waals surface area contributed by atoms with Gasteiger partial charge < -0.3 is 19.5 Å². The Hall–Kier alpha value is -3.53. The number of fused-ring (bicyclic) bond motifs is 1. The molecule has 0 aliphatic rings. The van der Waals surface area contributed by atoms with Gasteiger partial charge in [0.15, 0.2) is 0 Å². The summed E-state index contributed by atoms with van der Waals surface area (Å²) < 4.78 is 43.9. The maximum absolute atomic E-state index is 13.7. The van der Waals surface area contributed by atoms with Crippen molar-refractivity contribution in [1.29, 1.82) is 0 Å². The Kier molecular flexibility index (Phi) is 6.92. The highest BCUT2D eigenvalue weighted by molar-refractivity contribution is 7.90. The smallest absolute Gasteiger partial charge is 0.407 e. The second-order valence-electron chi connectivity index (χ2n) is 8.68. The van der Waals surface area contributed by atoms with E-state index in [1.807, 2.05) is 6.92 Å². The van der Waals surface area contributed by atoms with Gasteiger partial charge in [0.1, 0.15) is 16.9 Å². The summed E-state index contributed by atoms with van der Waals surface area (Å²) in [5.41, 5.74) is 0.895. The minimum atomic E-state index is -4.06. The highest BCUT2D eigenvalue weighted by atomic mass is 32.2. The number of hydrogen-bond acceptors (Lipinski definition) is 7. The second-order valence-corrected chi connectivity index (χ2v) is 10.5. The average molecular weight is 489 g/mol. The van der Waals surface area contributed by atoms with E-state index in [0.29, 0.717) is 5.39 Å². The maximum Gasteiger partial charge on any atom is 0.407 e. The molecule has 0 saturated heterocycles. The molecule has 1 heterocycles. The summed E-state index contributed by atoms with van der Waals surface area (Å²) in [6.45, 7) is 6.91. The number of rotatable bonds is 6. The van der Waals surface area contributed by atoms with Crippen LogP contribution in [0.3, 0.4) is 0 Å². The van der Waals surface area contributed by atoms with Crippen molar-refractivity contribution in [3.05, 3.63) is 59.3 Å². The lowest BCUT2D eigenvalue weighted by Crippen LogP contribution is -2.33. The number of nitrogens with one attached hydrogen (secondary N) is 1. The zero-order valence-electron chi connectivity index (χ0n) is 20.0. The normalized spacial score (nSPS) is 11.8. The van der Waals surface area contributed by atoms with E-state index in [-0.39, 0.29) is 34.0 Å². The number of amides is 1. The topological polar surface area (TPSA) is 113 Å². The summed E-state index contributed by atoms with van der Waals surface area (Å²) in [4.78, 5) is 24.5. The number of alkyl carbamates (subject to hydrolysis) is 1. The van der Waals surface area contributed by atoms with Gasteiger partial charge in [0.25, 0.3) is 10.0 Å². The Morgan fingerprint density at radius 1 is 1.03 bits per heavy atom. The molecule has 0 spiro atoms. The van der Waals surface area contributed by atoms with Crippen LogP contribution >= 0.6 is 0 Å². The molecule has 182 valence electrons. The molecular formula is C24H28N2O7S. The van der Waals surface area contributed by atoms with E-state index in [4.69, 9.17) is 14.2 Å². The van der Waals surface area contributed by atoms with E-state index in [0.717, 1.165) is 9.54 Å². The first-order valence-electron chi connectivity index (χ1n) is 10.5. The number of aromatic nitrogens is 1. The lowest BCUT2D eigenvalue weighted by molar-refractivity contribution is 0.0521. The molecule has 0 radical (unpaired) electrons. The summed E-state index contributed by atoms with van der Waals surface area (Å²) in [7, 11) is -1.44. The van der Waals surface area contributed by atoms with Gasteiger partial charge in [-0.1, -0.05) is 17.7 Å². The van der Waals surface area contributed by atoms with Crippen LogP contribution < -0.4 is 10.1 Å². The Labute approximate surface area is 198 Å². The van der Waals surface area contributed by atoms with Gasteiger partial charge in [-0.05, 0) is 52.0 Å². The van der Waals surface area contributed by atoms with E-state index in [9.17, 15) is 18.0 Å². The summed E-state index contributed by atoms with van der Waals surface area (Å²) in [6.07, 6.45) is -0.690. The molecule has 2 aromatic carbocycles. The van der Waals surface area contributed by atoms with Crippen LogP contribution in [0.5, 0.6) is 5.75 Å². The van der Waals surface area contributed by atoms with E-state index >= 15 is 0 Å². The first-order chi connectivity index (χ1) is 15.9. The number of methoxy groups -OCH3 is 2. The largest absolute Gasteiger partial charge is 0.496 e. The van der Waals surface area contributed by atoms with Gasteiger partial charge in [-0.2, -0.15) is 0 Å². The van der Waals surface area contributed by atoms with Crippen LogP contribution in [0.15, 0.2) is 47.4 Å². The molecule has 0 fully saturated rings. The number of esters is 1. The molecule has 0 atom stereocenters. The van der Waals surface area contributed by atoms with E-state index in [1.165, 1.54) is 38.5 Å². The number of ether oxygens (including phenoxy) is 3. The second kappa shape index (κ2) is 9.38. The van der Waals surface area contributed by atoms with E-state index in [2.05, 4.69) is 5.32 Å². The van der Waals surface area contributed by atoms with Crippen molar-refractivity contribution < 1.29 is 32.2 Å². The van der Waals surface area contributed by atoms with Crippen molar-refractivity contribution in [2.45, 2.75) is 44.7 Å². The summed E-state index contributed by atoms with van der Waals surface area (Å²) in [5.74, 6) is -0.467. The summed E-state index contributed by atoms with van der Waals surface area (Å²) >= 11 is 0. The molecule has 0 aliphatic carbocycles. The van der Waals surface area contributed by atoms with Gasteiger partial charge >= 0.3 is 12.1 Å². The van der Waals surface area contributed by atoms with Crippen molar-refractivity contribution >= 4 is 33.0 Å². The molecule has 9 nitrogen and oxygen atoms in total. The molecule has 0 unspecified atom stereocenters.